The Morgan fingerprint density at radius 2 is 1.32 bits per heavy atom. The van der Waals surface area contributed by atoms with Crippen LogP contribution in [0.2, 0.25) is 0 Å². The normalized spacial score (nSPS) is 9.39. The zero-order valence-electron chi connectivity index (χ0n) is 21.4. The largest absolute Gasteiger partial charge is 0.466 e. The van der Waals surface area contributed by atoms with Gasteiger partial charge in [0.1, 0.15) is 0 Å². The number of hydrogen-bond donors (Lipinski definition) is 1. The van der Waals surface area contributed by atoms with Crippen LogP contribution in [0.1, 0.15) is 74.4 Å². The number of ether oxygens (including phenoxy) is 2. The summed E-state index contributed by atoms with van der Waals surface area (Å²) in [4.78, 5) is 41.0. The van der Waals surface area contributed by atoms with Crippen molar-refractivity contribution < 1.29 is 33.8 Å². The van der Waals surface area contributed by atoms with Crippen molar-refractivity contribution in [3.05, 3.63) is 71.3 Å². The van der Waals surface area contributed by atoms with E-state index < -0.39 is 10.5 Å². The van der Waals surface area contributed by atoms with E-state index in [1.165, 1.54) is 18.2 Å². The first-order chi connectivity index (χ1) is 17.7. The molecule has 0 unspecified atom stereocenters. The molecule has 38 heavy (non-hydrogen) atoms. The van der Waals surface area contributed by atoms with Gasteiger partial charge in [-0.05, 0) is 91.4 Å². The number of aliphatic hydroxyl groups excluding tert-OH is 1. The first-order valence-electron chi connectivity index (χ1n) is 12.1. The number of rotatable bonds is 13. The predicted molar refractivity (Wildman–Crippen MR) is 152 cm³/mol. The molecule has 212 valence electrons. The molecule has 0 saturated carbocycles. The molecular weight excluding hydrogens is 531 g/mol. The number of unbranched alkanes of at least 4 members (excludes halogenated alkanes) is 2. The zero-order chi connectivity index (χ0) is 27.9. The Labute approximate surface area is 236 Å². The molecule has 0 aliphatic heterocycles. The Bertz CT molecular complexity index is 904. The second kappa shape index (κ2) is 24.6. The molecule has 0 amide bonds. The van der Waals surface area contributed by atoms with Crippen LogP contribution >= 0.6 is 23.2 Å². The van der Waals surface area contributed by atoms with Crippen molar-refractivity contribution in [1.82, 2.24) is 0 Å². The summed E-state index contributed by atoms with van der Waals surface area (Å²) in [7, 11) is 1.37. The van der Waals surface area contributed by atoms with Gasteiger partial charge in [0.05, 0.1) is 19.3 Å². The molecule has 2 rings (SSSR count). The van der Waals surface area contributed by atoms with Gasteiger partial charge in [0, 0.05) is 13.0 Å². The van der Waals surface area contributed by atoms with Crippen LogP contribution in [-0.4, -0.2) is 47.9 Å². The molecule has 0 aliphatic rings. The summed E-state index contributed by atoms with van der Waals surface area (Å²) in [6.07, 6.45) is 7.20. The maximum Gasteiger partial charge on any atom is 0.337 e. The van der Waals surface area contributed by atoms with Crippen LogP contribution in [0.15, 0.2) is 54.6 Å². The zero-order valence-corrected chi connectivity index (χ0v) is 22.9. The molecule has 0 fully saturated rings. The third-order valence-electron chi connectivity index (χ3n) is 4.82. The number of aliphatic hydroxyl groups is 1. The highest BCUT2D eigenvalue weighted by Crippen LogP contribution is 2.09. The summed E-state index contributed by atoms with van der Waals surface area (Å²) < 4.78 is 9.68. The van der Waals surface area contributed by atoms with Crippen molar-refractivity contribution in [2.45, 2.75) is 65.7 Å². The number of esters is 2. The lowest BCUT2D eigenvalue weighted by Crippen LogP contribution is -2.05. The average molecular weight is 572 g/mol. The van der Waals surface area contributed by atoms with E-state index in [0.29, 0.717) is 18.6 Å². The highest BCUT2D eigenvalue weighted by atomic mass is 35.5. The van der Waals surface area contributed by atoms with Crippen LogP contribution in [0.25, 0.3) is 0 Å². The maximum atomic E-state index is 11.1. The van der Waals surface area contributed by atoms with Gasteiger partial charge in [0.15, 0.2) is 0 Å². The number of halogens is 2. The number of methoxy groups -OCH3 is 1. The first kappa shape index (κ1) is 37.4. The van der Waals surface area contributed by atoms with E-state index in [4.69, 9.17) is 9.84 Å². The SMILES string of the molecule is C.CCCC(=O)OCCCCc1ccccc1.COC(=O)c1ccc(CCCCO)cc1.O=C(Cl)C(=O)Cl. The van der Waals surface area contributed by atoms with E-state index in [9.17, 15) is 19.2 Å². The molecule has 0 atom stereocenters. The molecule has 2 aromatic rings. The lowest BCUT2D eigenvalue weighted by atomic mass is 10.1. The van der Waals surface area contributed by atoms with Crippen LogP contribution < -0.4 is 0 Å². The fraction of sp³-hybridized carbons (Fsp3) is 0.448. The minimum Gasteiger partial charge on any atom is -0.466 e. The van der Waals surface area contributed by atoms with E-state index in [2.05, 4.69) is 52.2 Å². The summed E-state index contributed by atoms with van der Waals surface area (Å²) >= 11 is 8.98. The molecule has 0 aliphatic carbocycles. The second-order valence-corrected chi connectivity index (χ2v) is 8.52. The Morgan fingerprint density at radius 3 is 1.79 bits per heavy atom. The Kier molecular flexibility index (Phi) is 24.2. The monoisotopic (exact) mass is 570 g/mol. The molecule has 0 heterocycles. The standard InChI is InChI=1S/C14H20O2.C12H16O3.C2Cl2O2.CH4/c1-2-8-14(15)16-12-7-6-11-13-9-4-3-5-10-13;1-15-12(14)11-7-5-10(6-8-11)4-2-3-9-13;3-1(5)2(4)6;/h3-5,9-10H,2,6-8,11-12H2,1H3;5-8,13H,2-4,9H2,1H3;;1H4. The van der Waals surface area contributed by atoms with Gasteiger partial charge in [-0.1, -0.05) is 56.8 Å². The van der Waals surface area contributed by atoms with Gasteiger partial charge < -0.3 is 14.6 Å². The van der Waals surface area contributed by atoms with Gasteiger partial charge in [-0.15, -0.1) is 0 Å². The van der Waals surface area contributed by atoms with E-state index in [0.717, 1.165) is 44.9 Å². The second-order valence-electron chi connectivity index (χ2n) is 7.83. The molecule has 0 bridgehead atoms. The van der Waals surface area contributed by atoms with Gasteiger partial charge >= 0.3 is 22.4 Å². The summed E-state index contributed by atoms with van der Waals surface area (Å²) in [5.41, 5.74) is 3.10. The Morgan fingerprint density at radius 1 is 0.789 bits per heavy atom. The molecule has 9 heteroatoms. The van der Waals surface area contributed by atoms with Crippen LogP contribution in [0.3, 0.4) is 0 Å². The molecule has 2 aromatic carbocycles. The van der Waals surface area contributed by atoms with Gasteiger partial charge in [-0.2, -0.15) is 0 Å². The number of hydrogen-bond acceptors (Lipinski definition) is 7. The number of aryl methyl sites for hydroxylation is 2. The minimum absolute atomic E-state index is 0. The van der Waals surface area contributed by atoms with Crippen LogP contribution in [0.5, 0.6) is 0 Å². The summed E-state index contributed by atoms with van der Waals surface area (Å²) in [6, 6.07) is 17.8. The highest BCUT2D eigenvalue weighted by Gasteiger charge is 2.04. The molecule has 0 saturated heterocycles. The quantitative estimate of drug-likeness (QED) is 0.130. The summed E-state index contributed by atoms with van der Waals surface area (Å²) in [5.74, 6) is -0.376. The van der Waals surface area contributed by atoms with Gasteiger partial charge in [-0.3, -0.25) is 14.4 Å². The van der Waals surface area contributed by atoms with Crippen molar-refractivity contribution in [3.8, 4) is 0 Å². The minimum atomic E-state index is -1.14. The van der Waals surface area contributed by atoms with E-state index >= 15 is 0 Å². The van der Waals surface area contributed by atoms with Gasteiger partial charge in [-0.25, -0.2) is 4.79 Å². The number of benzene rings is 2. The van der Waals surface area contributed by atoms with E-state index in [-0.39, 0.29) is 26.0 Å². The van der Waals surface area contributed by atoms with Gasteiger partial charge in [0.25, 0.3) is 0 Å². The fourth-order valence-electron chi connectivity index (χ4n) is 2.90. The number of carbonyl (C=O) groups is 4. The highest BCUT2D eigenvalue weighted by molar-refractivity contribution is 6.97. The molecular formula is C29H40Cl2O7. The third kappa shape index (κ3) is 20.3. The summed E-state index contributed by atoms with van der Waals surface area (Å²) in [5, 5.41) is 6.35. The van der Waals surface area contributed by atoms with E-state index in [1.54, 1.807) is 12.1 Å². The van der Waals surface area contributed by atoms with Crippen LogP contribution in [-0.2, 0) is 36.7 Å². The topological polar surface area (TPSA) is 107 Å². The van der Waals surface area contributed by atoms with Gasteiger partial charge in [0.2, 0.25) is 0 Å². The van der Waals surface area contributed by atoms with Crippen molar-refractivity contribution in [1.29, 1.82) is 0 Å². The number of carbonyl (C=O) groups excluding carboxylic acids is 4. The van der Waals surface area contributed by atoms with Crippen molar-refractivity contribution in [2.24, 2.45) is 0 Å². The van der Waals surface area contributed by atoms with E-state index in [1.807, 2.05) is 25.1 Å². The molecule has 0 aromatic heterocycles. The van der Waals surface area contributed by atoms with Crippen molar-refractivity contribution in [2.75, 3.05) is 20.3 Å². The molecule has 1 N–H and O–H groups in total. The van der Waals surface area contributed by atoms with Crippen molar-refractivity contribution in [3.63, 3.8) is 0 Å². The average Bonchev–Trinajstić information content (AvgIpc) is 2.90. The fourth-order valence-corrected chi connectivity index (χ4v) is 2.90. The Hall–Kier alpha value is -2.74. The predicted octanol–water partition coefficient (Wildman–Crippen LogP) is 6.29. The van der Waals surface area contributed by atoms with Crippen LogP contribution in [0.4, 0.5) is 0 Å². The maximum absolute atomic E-state index is 11.1. The third-order valence-corrected chi connectivity index (χ3v) is 5.26. The smallest absolute Gasteiger partial charge is 0.337 e. The first-order valence-corrected chi connectivity index (χ1v) is 12.9. The van der Waals surface area contributed by atoms with Crippen molar-refractivity contribution >= 4 is 45.6 Å². The summed E-state index contributed by atoms with van der Waals surface area (Å²) in [6.45, 7) is 2.78. The molecule has 7 nitrogen and oxygen atoms in total. The molecule has 0 radical (unpaired) electrons. The Balaban J connectivity index is 0. The lowest BCUT2D eigenvalue weighted by molar-refractivity contribution is -0.143. The van der Waals surface area contributed by atoms with Crippen LogP contribution in [0, 0.1) is 0 Å². The lowest BCUT2D eigenvalue weighted by Gasteiger charge is -2.04. The molecule has 0 spiro atoms.